The number of aryl methyl sites for hydroxylation is 1. The van der Waals surface area contributed by atoms with Gasteiger partial charge in [-0.1, -0.05) is 6.07 Å². The predicted octanol–water partition coefficient (Wildman–Crippen LogP) is 3.23. The second-order valence-electron chi connectivity index (χ2n) is 6.05. The van der Waals surface area contributed by atoms with Gasteiger partial charge in [0.15, 0.2) is 5.78 Å². The molecule has 1 fully saturated rings. The van der Waals surface area contributed by atoms with E-state index in [1.807, 2.05) is 35.2 Å². The lowest BCUT2D eigenvalue weighted by Gasteiger charge is -2.36. The van der Waals surface area contributed by atoms with Crippen molar-refractivity contribution in [2.45, 2.75) is 19.8 Å². The zero-order valence-electron chi connectivity index (χ0n) is 13.9. The number of thiophene rings is 1. The number of carbonyl (C=O) groups is 2. The molecule has 1 aliphatic heterocycles. The lowest BCUT2D eigenvalue weighted by Crippen LogP contribution is -2.48. The Balaban J connectivity index is 1.49. The smallest absolute Gasteiger partial charge is 0.223 e. The molecule has 0 unspecified atom stereocenters. The molecule has 1 aromatic heterocycles. The van der Waals surface area contributed by atoms with Gasteiger partial charge in [0, 0.05) is 48.7 Å². The zero-order valence-corrected chi connectivity index (χ0v) is 14.7. The van der Waals surface area contributed by atoms with Crippen molar-refractivity contribution in [1.29, 1.82) is 0 Å². The monoisotopic (exact) mass is 342 g/mol. The van der Waals surface area contributed by atoms with E-state index in [9.17, 15) is 9.59 Å². The number of piperazine rings is 1. The number of hydrogen-bond acceptors (Lipinski definition) is 4. The fourth-order valence-corrected chi connectivity index (χ4v) is 3.67. The highest BCUT2D eigenvalue weighted by atomic mass is 32.1. The van der Waals surface area contributed by atoms with E-state index in [1.54, 1.807) is 18.3 Å². The summed E-state index contributed by atoms with van der Waals surface area (Å²) in [4.78, 5) is 29.2. The maximum absolute atomic E-state index is 12.3. The van der Waals surface area contributed by atoms with Crippen LogP contribution in [0.15, 0.2) is 41.8 Å². The molecule has 126 valence electrons. The van der Waals surface area contributed by atoms with Crippen LogP contribution in [-0.4, -0.2) is 42.8 Å². The number of amides is 1. The van der Waals surface area contributed by atoms with E-state index in [4.69, 9.17) is 0 Å². The summed E-state index contributed by atoms with van der Waals surface area (Å²) in [6, 6.07) is 11.8. The number of carbonyl (C=O) groups excluding carboxylic acids is 2. The predicted molar refractivity (Wildman–Crippen MR) is 97.9 cm³/mol. The summed E-state index contributed by atoms with van der Waals surface area (Å²) in [5.41, 5.74) is 1.85. The minimum Gasteiger partial charge on any atom is -0.368 e. The lowest BCUT2D eigenvalue weighted by molar-refractivity contribution is -0.131. The van der Waals surface area contributed by atoms with E-state index in [-0.39, 0.29) is 11.7 Å². The normalized spacial score (nSPS) is 14.7. The standard InChI is InChI=1S/C19H22N2O2S/c1-15(22)16-4-6-17(7-5-16)20-10-12-21(13-11-20)19(23)9-8-18-3-2-14-24-18/h2-7,14H,8-13H2,1H3. The van der Waals surface area contributed by atoms with Gasteiger partial charge in [-0.05, 0) is 49.1 Å². The molecule has 1 aliphatic rings. The summed E-state index contributed by atoms with van der Waals surface area (Å²) in [7, 11) is 0. The first-order valence-electron chi connectivity index (χ1n) is 8.29. The maximum Gasteiger partial charge on any atom is 0.223 e. The quantitative estimate of drug-likeness (QED) is 0.783. The van der Waals surface area contributed by atoms with Gasteiger partial charge in [0.2, 0.25) is 5.91 Å². The third-order valence-electron chi connectivity index (χ3n) is 4.44. The van der Waals surface area contributed by atoms with E-state index in [0.717, 1.165) is 43.9 Å². The topological polar surface area (TPSA) is 40.6 Å². The molecule has 2 aromatic rings. The Morgan fingerprint density at radius 2 is 1.75 bits per heavy atom. The number of ketones is 1. The summed E-state index contributed by atoms with van der Waals surface area (Å²) < 4.78 is 0. The van der Waals surface area contributed by atoms with Gasteiger partial charge in [0.1, 0.15) is 0 Å². The molecule has 0 radical (unpaired) electrons. The number of benzene rings is 1. The van der Waals surface area contributed by atoms with Crippen LogP contribution in [0.1, 0.15) is 28.6 Å². The molecular formula is C19H22N2O2S. The van der Waals surface area contributed by atoms with Crippen molar-refractivity contribution >= 4 is 28.7 Å². The van der Waals surface area contributed by atoms with Crippen molar-refractivity contribution in [2.75, 3.05) is 31.1 Å². The molecule has 0 N–H and O–H groups in total. The molecule has 2 heterocycles. The molecule has 0 bridgehead atoms. The fourth-order valence-electron chi connectivity index (χ4n) is 2.96. The van der Waals surface area contributed by atoms with E-state index in [0.29, 0.717) is 6.42 Å². The van der Waals surface area contributed by atoms with Crippen LogP contribution in [0.5, 0.6) is 0 Å². The zero-order chi connectivity index (χ0) is 16.9. The Morgan fingerprint density at radius 3 is 2.33 bits per heavy atom. The second kappa shape index (κ2) is 7.62. The van der Waals surface area contributed by atoms with Gasteiger partial charge in [-0.3, -0.25) is 9.59 Å². The van der Waals surface area contributed by atoms with E-state index >= 15 is 0 Å². The first kappa shape index (κ1) is 16.7. The summed E-state index contributed by atoms with van der Waals surface area (Å²) in [6.07, 6.45) is 1.43. The summed E-state index contributed by atoms with van der Waals surface area (Å²) in [5, 5.41) is 2.05. The van der Waals surface area contributed by atoms with Crippen molar-refractivity contribution in [1.82, 2.24) is 4.90 Å². The van der Waals surface area contributed by atoms with Gasteiger partial charge in [-0.25, -0.2) is 0 Å². The third-order valence-corrected chi connectivity index (χ3v) is 5.37. The fraction of sp³-hybridized carbons (Fsp3) is 0.368. The van der Waals surface area contributed by atoms with Crippen molar-refractivity contribution in [2.24, 2.45) is 0 Å². The molecule has 24 heavy (non-hydrogen) atoms. The van der Waals surface area contributed by atoms with Crippen LogP contribution in [0.3, 0.4) is 0 Å². The molecule has 4 nitrogen and oxygen atoms in total. The SMILES string of the molecule is CC(=O)c1ccc(N2CCN(C(=O)CCc3cccs3)CC2)cc1. The Morgan fingerprint density at radius 1 is 1.04 bits per heavy atom. The molecule has 1 amide bonds. The molecule has 3 rings (SSSR count). The number of rotatable bonds is 5. The molecule has 0 atom stereocenters. The van der Waals surface area contributed by atoms with Crippen LogP contribution in [0, 0.1) is 0 Å². The molecule has 0 aliphatic carbocycles. The number of anilines is 1. The average Bonchev–Trinajstić information content (AvgIpc) is 3.13. The van der Waals surface area contributed by atoms with Gasteiger partial charge in [-0.2, -0.15) is 0 Å². The van der Waals surface area contributed by atoms with Crippen molar-refractivity contribution in [3.8, 4) is 0 Å². The van der Waals surface area contributed by atoms with Crippen LogP contribution < -0.4 is 4.90 Å². The summed E-state index contributed by atoms with van der Waals surface area (Å²) in [5.74, 6) is 0.331. The number of nitrogens with zero attached hydrogens (tertiary/aromatic N) is 2. The van der Waals surface area contributed by atoms with Crippen LogP contribution in [0.4, 0.5) is 5.69 Å². The van der Waals surface area contributed by atoms with E-state index in [2.05, 4.69) is 16.3 Å². The molecule has 0 spiro atoms. The minimum atomic E-state index is 0.0858. The average molecular weight is 342 g/mol. The Bertz CT molecular complexity index is 687. The van der Waals surface area contributed by atoms with Gasteiger partial charge in [0.05, 0.1) is 0 Å². The van der Waals surface area contributed by atoms with Crippen LogP contribution in [-0.2, 0) is 11.2 Å². The molecule has 1 aromatic carbocycles. The van der Waals surface area contributed by atoms with Crippen molar-refractivity contribution < 1.29 is 9.59 Å². The van der Waals surface area contributed by atoms with Crippen LogP contribution in [0.2, 0.25) is 0 Å². The Hall–Kier alpha value is -2.14. The van der Waals surface area contributed by atoms with E-state index < -0.39 is 0 Å². The van der Waals surface area contributed by atoms with Gasteiger partial charge in [-0.15, -0.1) is 11.3 Å². The molecule has 5 heteroatoms. The molecular weight excluding hydrogens is 320 g/mol. The second-order valence-corrected chi connectivity index (χ2v) is 7.08. The number of hydrogen-bond donors (Lipinski definition) is 0. The summed E-state index contributed by atoms with van der Waals surface area (Å²) in [6.45, 7) is 4.78. The first-order valence-corrected chi connectivity index (χ1v) is 9.17. The largest absolute Gasteiger partial charge is 0.368 e. The Labute approximate surface area is 146 Å². The van der Waals surface area contributed by atoms with Gasteiger partial charge in [0.25, 0.3) is 0 Å². The first-order chi connectivity index (χ1) is 11.6. The Kier molecular flexibility index (Phi) is 5.30. The van der Waals surface area contributed by atoms with Crippen molar-refractivity contribution in [3.05, 3.63) is 52.2 Å². The maximum atomic E-state index is 12.3. The highest BCUT2D eigenvalue weighted by Gasteiger charge is 2.21. The third kappa shape index (κ3) is 4.03. The molecule has 0 saturated carbocycles. The van der Waals surface area contributed by atoms with Crippen LogP contribution in [0.25, 0.3) is 0 Å². The molecule has 1 saturated heterocycles. The van der Waals surface area contributed by atoms with Crippen LogP contribution >= 0.6 is 11.3 Å². The van der Waals surface area contributed by atoms with Crippen molar-refractivity contribution in [3.63, 3.8) is 0 Å². The van der Waals surface area contributed by atoms with Gasteiger partial charge >= 0.3 is 0 Å². The van der Waals surface area contributed by atoms with Gasteiger partial charge < -0.3 is 9.80 Å². The van der Waals surface area contributed by atoms with E-state index in [1.165, 1.54) is 4.88 Å². The minimum absolute atomic E-state index is 0.0858. The summed E-state index contributed by atoms with van der Waals surface area (Å²) >= 11 is 1.71. The highest BCUT2D eigenvalue weighted by Crippen LogP contribution is 2.18. The highest BCUT2D eigenvalue weighted by molar-refractivity contribution is 7.09. The number of Topliss-reactive ketones (excluding diaryl/α,β-unsaturated/α-hetero) is 1. The lowest BCUT2D eigenvalue weighted by atomic mass is 10.1.